The molecule has 1 aromatic rings. The van der Waals surface area contributed by atoms with Gasteiger partial charge in [-0.1, -0.05) is 85.2 Å². The molecular formula is C90H145N13O31. The molecule has 4 rings (SSSR count). The van der Waals surface area contributed by atoms with Crippen molar-refractivity contribution in [3.8, 4) is 0 Å². The maximum absolute atomic E-state index is 14.8. The minimum absolute atomic E-state index is 0.0147. The van der Waals surface area contributed by atoms with Crippen molar-refractivity contribution in [3.63, 3.8) is 0 Å². The first-order chi connectivity index (χ1) is 64.3. The van der Waals surface area contributed by atoms with E-state index in [0.717, 1.165) is 29.9 Å². The number of rotatable bonds is 76. The summed E-state index contributed by atoms with van der Waals surface area (Å²) in [4.78, 5) is 220. The molecule has 756 valence electrons. The molecule has 2 unspecified atom stereocenters. The molecular weight excluding hydrogens is 1760 g/mol. The molecule has 3 aliphatic rings. The molecule has 1 saturated heterocycles. The van der Waals surface area contributed by atoms with Gasteiger partial charge in [-0.2, -0.15) is 0 Å². The molecule has 10 N–H and O–H groups in total. The summed E-state index contributed by atoms with van der Waals surface area (Å²) in [6.07, 6.45) is 3.27. The molecule has 0 radical (unpaired) electrons. The molecule has 1 aromatic carbocycles. The van der Waals surface area contributed by atoms with Crippen LogP contribution in [-0.2, 0) is 145 Å². The van der Waals surface area contributed by atoms with Crippen molar-refractivity contribution in [1.82, 2.24) is 67.0 Å². The van der Waals surface area contributed by atoms with Crippen molar-refractivity contribution in [1.29, 1.82) is 0 Å². The third-order valence-corrected chi connectivity index (χ3v) is 22.0. The van der Waals surface area contributed by atoms with Gasteiger partial charge < -0.3 is 129 Å². The number of benzene rings is 1. The Morgan fingerprint density at radius 2 is 0.881 bits per heavy atom. The fourth-order valence-electron chi connectivity index (χ4n) is 14.6. The summed E-state index contributed by atoms with van der Waals surface area (Å²) in [5.74, 6) is -14.1. The lowest BCUT2D eigenvalue weighted by Gasteiger charge is -2.41. The summed E-state index contributed by atoms with van der Waals surface area (Å²) in [5.41, 5.74) is 0.730. The van der Waals surface area contributed by atoms with Gasteiger partial charge in [0, 0.05) is 105 Å². The summed E-state index contributed by atoms with van der Waals surface area (Å²) in [6.45, 7) is 17.4. The molecule has 0 bridgehead atoms. The van der Waals surface area contributed by atoms with E-state index in [1.807, 2.05) is 19.9 Å². The smallest absolute Gasteiger partial charge is 0.326 e. The van der Waals surface area contributed by atoms with E-state index in [-0.39, 0.29) is 142 Å². The van der Waals surface area contributed by atoms with Crippen LogP contribution in [-0.4, -0.2) is 410 Å². The SMILES string of the molecule is CC[C@H](C)[C@@H]([C@@H](CC(=O)N1CCC[C@H]1[C@H](OC)[C@@H](C)C(=O)N[C@@H](Cc1ccccc1)C(=O)O)OC)N(C)C(=O)[C@@H](NC(=O)[C@H](C(C)C)N(C)C(=O)CCOCCOCCNC(=O)CCCNC(=O)C(NC(=O)CN1C(=O)C=CC1=O)C(NC(=O)CN1C(=O)C=CC1=O)C(=O)NCCCC(=O)NCCOCCOCCOCCOCCOCCOCCOCCOCCOCCO)C(C)C. The number of ether oxygens (including phenoxy) is 13. The average Bonchev–Trinajstić information content (AvgIpc) is 1.32. The minimum atomic E-state index is -2.01. The van der Waals surface area contributed by atoms with Crippen molar-refractivity contribution in [2.24, 2.45) is 23.7 Å². The average molecular weight is 1910 g/mol. The fraction of sp³-hybridized carbons (Fsp3) is 0.711. The summed E-state index contributed by atoms with van der Waals surface area (Å²) in [6, 6.07) is 0.409. The lowest BCUT2D eigenvalue weighted by molar-refractivity contribution is -0.149. The van der Waals surface area contributed by atoms with E-state index >= 15 is 0 Å². The van der Waals surface area contributed by atoms with Crippen LogP contribution in [0.25, 0.3) is 0 Å². The summed E-state index contributed by atoms with van der Waals surface area (Å²) < 4.78 is 72.2. The van der Waals surface area contributed by atoms with E-state index in [0.29, 0.717) is 128 Å². The number of aliphatic carboxylic acids is 1. The minimum Gasteiger partial charge on any atom is -0.480 e. The third-order valence-electron chi connectivity index (χ3n) is 22.0. The van der Waals surface area contributed by atoms with Crippen molar-refractivity contribution >= 4 is 94.6 Å². The van der Waals surface area contributed by atoms with Gasteiger partial charge in [0.2, 0.25) is 65.0 Å². The molecule has 3 heterocycles. The van der Waals surface area contributed by atoms with Gasteiger partial charge in [0.25, 0.3) is 23.6 Å². The summed E-state index contributed by atoms with van der Waals surface area (Å²) >= 11 is 0. The maximum Gasteiger partial charge on any atom is 0.326 e. The fourth-order valence-corrected chi connectivity index (χ4v) is 14.6. The first kappa shape index (κ1) is 116. The van der Waals surface area contributed by atoms with Crippen LogP contribution in [0.2, 0.25) is 0 Å². The van der Waals surface area contributed by atoms with Crippen molar-refractivity contribution in [2.75, 3.05) is 226 Å². The highest BCUT2D eigenvalue weighted by atomic mass is 16.6. The van der Waals surface area contributed by atoms with Crippen LogP contribution in [0.1, 0.15) is 112 Å². The Kier molecular flexibility index (Phi) is 58.4. The molecule has 134 heavy (non-hydrogen) atoms. The second-order valence-corrected chi connectivity index (χ2v) is 32.6. The van der Waals surface area contributed by atoms with Crippen LogP contribution in [0.3, 0.4) is 0 Å². The van der Waals surface area contributed by atoms with E-state index < -0.39 is 174 Å². The topological polar surface area (TPSA) is 546 Å². The number of carbonyl (C=O) groups excluding carboxylic acids is 15. The normalized spacial score (nSPS) is 15.9. The number of amides is 15. The number of aliphatic hydroxyl groups is 1. The first-order valence-corrected chi connectivity index (χ1v) is 45.8. The zero-order valence-electron chi connectivity index (χ0n) is 79.5. The highest BCUT2D eigenvalue weighted by Crippen LogP contribution is 2.30. The Morgan fingerprint density at radius 3 is 1.27 bits per heavy atom. The van der Waals surface area contributed by atoms with Gasteiger partial charge in [0.15, 0.2) is 0 Å². The lowest BCUT2D eigenvalue weighted by Crippen LogP contribution is -2.65. The number of imide groups is 2. The molecule has 44 heteroatoms. The van der Waals surface area contributed by atoms with E-state index in [4.69, 9.17) is 66.7 Å². The largest absolute Gasteiger partial charge is 0.480 e. The van der Waals surface area contributed by atoms with E-state index in [1.54, 1.807) is 70.8 Å². The molecule has 44 nitrogen and oxygen atoms in total. The Balaban J connectivity index is 1.19. The van der Waals surface area contributed by atoms with Gasteiger partial charge in [0.1, 0.15) is 43.3 Å². The number of nitrogens with zero attached hydrogens (tertiary/aromatic N) is 5. The van der Waals surface area contributed by atoms with Crippen LogP contribution in [0.15, 0.2) is 54.6 Å². The van der Waals surface area contributed by atoms with Gasteiger partial charge in [-0.05, 0) is 49.0 Å². The number of likely N-dealkylation sites (N-methyl/N-ethyl adjacent to an activating group) is 2. The first-order valence-electron chi connectivity index (χ1n) is 45.8. The number of aliphatic hydroxyl groups excluding tert-OH is 1. The van der Waals surface area contributed by atoms with Crippen LogP contribution >= 0.6 is 0 Å². The zero-order chi connectivity index (χ0) is 98.7. The van der Waals surface area contributed by atoms with Crippen molar-refractivity contribution in [2.45, 2.75) is 167 Å². The quantitative estimate of drug-likeness (QED) is 0.0243. The molecule has 0 spiro atoms. The molecule has 11 atom stereocenters. The zero-order valence-corrected chi connectivity index (χ0v) is 79.5. The number of methoxy groups -OCH3 is 2. The second-order valence-electron chi connectivity index (χ2n) is 32.6. The van der Waals surface area contributed by atoms with Crippen LogP contribution < -0.4 is 42.5 Å². The highest BCUT2D eigenvalue weighted by Gasteiger charge is 2.45. The standard InChI is InChI=1S/C90H145N13O31/c1-12-63(6)83(68(122-10)58-78(114)101-33-18-21-67(101)84(123-11)64(7)85(115)95-66(90(120)121)57-65-19-14-13-15-20-65)100(9)89(119)79(61(2)3)98-88(118)82(62(4)5)99(8)73(109)28-35-124-39-40-125-36-31-91-69(105)22-16-29-93-86(116)80(96-71(107)59-102-74(110)24-25-75(102)111)81(97-72(108)60-103-76(112)26-27-77(103)113)87(117)94-30-17-23-70(106)92-32-37-126-41-43-128-45-47-130-49-51-132-53-55-134-56-54-133-52-50-131-48-46-129-44-42-127-38-34-104/h13-15,19-20,24-27,61-64,66-68,79-84,104H,12,16-18,21-23,28-60H2,1-11H3,(H,91,105)(H,92,106)(H,93,116)(H,94,117)(H,95,115)(H,96,107)(H,97,108)(H,98,118)(H,120,121)/t63-,64+,66-,67-,68+,79-,80?,81?,82-,83-,84+/m0/s1. The Labute approximate surface area is 784 Å². The molecule has 0 aliphatic carbocycles. The monoisotopic (exact) mass is 1900 g/mol. The molecule has 0 saturated carbocycles. The third kappa shape index (κ3) is 44.3. The van der Waals surface area contributed by atoms with Crippen LogP contribution in [0, 0.1) is 23.7 Å². The molecule has 3 aliphatic heterocycles. The number of carboxylic acids is 1. The van der Waals surface area contributed by atoms with E-state index in [9.17, 15) is 81.8 Å². The van der Waals surface area contributed by atoms with E-state index in [1.165, 1.54) is 31.1 Å². The number of likely N-dealkylation sites (tertiary alicyclic amines) is 1. The van der Waals surface area contributed by atoms with Gasteiger partial charge in [0.05, 0.1) is 195 Å². The van der Waals surface area contributed by atoms with E-state index in [2.05, 4.69) is 42.5 Å². The predicted octanol–water partition coefficient (Wildman–Crippen LogP) is -2.25. The predicted molar refractivity (Wildman–Crippen MR) is 481 cm³/mol. The van der Waals surface area contributed by atoms with Gasteiger partial charge in [-0.25, -0.2) is 4.79 Å². The number of hydrogen-bond acceptors (Lipinski definition) is 30. The van der Waals surface area contributed by atoms with Gasteiger partial charge >= 0.3 is 5.97 Å². The number of nitrogens with one attached hydrogen (secondary N) is 8. The van der Waals surface area contributed by atoms with Crippen molar-refractivity contribution in [3.05, 3.63) is 60.2 Å². The Bertz CT molecular complexity index is 3810. The number of carboxylic acid groups (broad SMARTS) is 1. The highest BCUT2D eigenvalue weighted by molar-refractivity contribution is 6.15. The number of carbonyl (C=O) groups is 16. The molecule has 0 aromatic heterocycles. The molecule has 1 fully saturated rings. The van der Waals surface area contributed by atoms with Crippen LogP contribution in [0.5, 0.6) is 0 Å². The van der Waals surface area contributed by atoms with Crippen molar-refractivity contribution < 1.29 is 149 Å². The lowest BCUT2D eigenvalue weighted by atomic mass is 9.89. The number of hydrogen-bond donors (Lipinski definition) is 10. The Hall–Kier alpha value is -9.94. The van der Waals surface area contributed by atoms with Crippen LogP contribution in [0.4, 0.5) is 0 Å². The maximum atomic E-state index is 14.8. The Morgan fingerprint density at radius 1 is 0.463 bits per heavy atom. The van der Waals surface area contributed by atoms with Gasteiger partial charge in [-0.15, -0.1) is 0 Å². The van der Waals surface area contributed by atoms with Gasteiger partial charge in [-0.3, -0.25) is 81.7 Å². The second kappa shape index (κ2) is 67.3. The summed E-state index contributed by atoms with van der Waals surface area (Å²) in [5, 5.41) is 39.3. The molecule has 15 amide bonds. The summed E-state index contributed by atoms with van der Waals surface area (Å²) in [7, 11) is 6.02.